The first-order valence-electron chi connectivity index (χ1n) is 6.27. The maximum atomic E-state index is 4.21. The Balaban J connectivity index is 1.63. The second kappa shape index (κ2) is 4.85. The van der Waals surface area contributed by atoms with Gasteiger partial charge in [-0.15, -0.1) is 0 Å². The molecule has 1 N–H and O–H groups in total. The minimum atomic E-state index is 1.13. The fourth-order valence-electron chi connectivity index (χ4n) is 2.35. The molecular weight excluding hydrogens is 212 g/mol. The number of rotatable bonds is 3. The Kier molecular flexibility index (Phi) is 3.07. The van der Waals surface area contributed by atoms with E-state index in [1.165, 1.54) is 24.2 Å². The molecular formula is C13H18N4. The Morgan fingerprint density at radius 1 is 1.24 bits per heavy atom. The lowest BCUT2D eigenvalue weighted by Crippen LogP contribution is -2.44. The molecule has 0 aromatic carbocycles. The summed E-state index contributed by atoms with van der Waals surface area (Å²) in [5.74, 6) is 0. The molecule has 0 spiro atoms. The molecule has 4 heteroatoms. The van der Waals surface area contributed by atoms with Crippen molar-refractivity contribution >= 4 is 5.52 Å². The molecule has 17 heavy (non-hydrogen) atoms. The predicted molar refractivity (Wildman–Crippen MR) is 68.2 cm³/mol. The van der Waals surface area contributed by atoms with Crippen LogP contribution in [0.25, 0.3) is 5.52 Å². The number of fused-ring (bicyclic) bond motifs is 1. The Labute approximate surface area is 101 Å². The van der Waals surface area contributed by atoms with Crippen LogP contribution in [0.3, 0.4) is 0 Å². The summed E-state index contributed by atoms with van der Waals surface area (Å²) in [7, 11) is 0. The lowest BCUT2D eigenvalue weighted by Gasteiger charge is -2.27. The average molecular weight is 230 g/mol. The predicted octanol–water partition coefficient (Wildman–Crippen LogP) is 0.782. The summed E-state index contributed by atoms with van der Waals surface area (Å²) < 4.78 is 1.91. The van der Waals surface area contributed by atoms with Gasteiger partial charge in [0.25, 0.3) is 0 Å². The van der Waals surface area contributed by atoms with Crippen LogP contribution in [0.4, 0.5) is 0 Å². The fraction of sp³-hybridized carbons (Fsp3) is 0.462. The Morgan fingerprint density at radius 2 is 2.12 bits per heavy atom. The van der Waals surface area contributed by atoms with Crippen LogP contribution in [-0.4, -0.2) is 47.2 Å². The lowest BCUT2D eigenvalue weighted by atomic mass is 10.1. The van der Waals surface area contributed by atoms with Crippen LogP contribution in [-0.2, 0) is 6.42 Å². The van der Waals surface area contributed by atoms with Crippen molar-refractivity contribution in [3.8, 4) is 0 Å². The Morgan fingerprint density at radius 3 is 3.00 bits per heavy atom. The van der Waals surface area contributed by atoms with Crippen molar-refractivity contribution < 1.29 is 0 Å². The molecule has 3 heterocycles. The number of pyridine rings is 1. The molecule has 1 fully saturated rings. The second-order valence-corrected chi connectivity index (χ2v) is 4.58. The molecule has 3 rings (SSSR count). The summed E-state index contributed by atoms with van der Waals surface area (Å²) >= 11 is 0. The molecule has 0 amide bonds. The SMILES string of the molecule is c1cc2cc(CCN3CCNCC3)ccn2n1. The largest absolute Gasteiger partial charge is 0.314 e. The van der Waals surface area contributed by atoms with Crippen LogP contribution in [0.5, 0.6) is 0 Å². The van der Waals surface area contributed by atoms with Crippen LogP contribution in [0, 0.1) is 0 Å². The van der Waals surface area contributed by atoms with E-state index in [0.717, 1.165) is 26.1 Å². The molecule has 2 aromatic heterocycles. The highest BCUT2D eigenvalue weighted by Crippen LogP contribution is 2.08. The van der Waals surface area contributed by atoms with Crippen LogP contribution >= 0.6 is 0 Å². The average Bonchev–Trinajstić information content (AvgIpc) is 2.85. The number of hydrogen-bond donors (Lipinski definition) is 1. The third kappa shape index (κ3) is 2.48. The standard InChI is InChI=1S/C13H18N4/c1-4-15-17-8-3-12(11-13(1)17)2-7-16-9-5-14-6-10-16/h1,3-4,8,11,14H,2,5-7,9-10H2. The van der Waals surface area contributed by atoms with Gasteiger partial charge in [0.05, 0.1) is 5.52 Å². The van der Waals surface area contributed by atoms with Gasteiger partial charge in [0.15, 0.2) is 0 Å². The van der Waals surface area contributed by atoms with Gasteiger partial charge in [-0.05, 0) is 30.2 Å². The highest BCUT2D eigenvalue weighted by atomic mass is 15.2. The minimum absolute atomic E-state index is 1.13. The van der Waals surface area contributed by atoms with E-state index in [1.807, 2.05) is 23.0 Å². The van der Waals surface area contributed by atoms with E-state index in [1.54, 1.807) is 0 Å². The van der Waals surface area contributed by atoms with Crippen molar-refractivity contribution in [2.75, 3.05) is 32.7 Å². The Bertz CT molecular complexity index is 485. The highest BCUT2D eigenvalue weighted by molar-refractivity contribution is 5.47. The summed E-state index contributed by atoms with van der Waals surface area (Å²) in [6.07, 6.45) is 5.01. The quantitative estimate of drug-likeness (QED) is 0.846. The van der Waals surface area contributed by atoms with Crippen LogP contribution in [0.1, 0.15) is 5.56 Å². The van der Waals surface area contributed by atoms with Crippen LogP contribution < -0.4 is 5.32 Å². The van der Waals surface area contributed by atoms with E-state index < -0.39 is 0 Å². The van der Waals surface area contributed by atoms with Gasteiger partial charge in [-0.3, -0.25) is 0 Å². The molecule has 0 saturated carbocycles. The van der Waals surface area contributed by atoms with Gasteiger partial charge in [0.2, 0.25) is 0 Å². The summed E-state index contributed by atoms with van der Waals surface area (Å²) in [6, 6.07) is 6.45. The maximum Gasteiger partial charge on any atom is 0.0664 e. The van der Waals surface area contributed by atoms with E-state index in [-0.39, 0.29) is 0 Å². The second-order valence-electron chi connectivity index (χ2n) is 4.58. The molecule has 1 aliphatic rings. The summed E-state index contributed by atoms with van der Waals surface area (Å²) in [4.78, 5) is 2.52. The van der Waals surface area contributed by atoms with Crippen molar-refractivity contribution in [1.29, 1.82) is 0 Å². The zero-order valence-electron chi connectivity index (χ0n) is 9.97. The summed E-state index contributed by atoms with van der Waals surface area (Å²) in [5, 5.41) is 7.59. The van der Waals surface area contributed by atoms with Crippen molar-refractivity contribution in [3.63, 3.8) is 0 Å². The lowest BCUT2D eigenvalue weighted by molar-refractivity contribution is 0.244. The first kappa shape index (κ1) is 10.7. The number of aromatic nitrogens is 2. The molecule has 0 bridgehead atoms. The normalized spacial score (nSPS) is 17.6. The molecule has 4 nitrogen and oxygen atoms in total. The van der Waals surface area contributed by atoms with E-state index in [2.05, 4.69) is 27.4 Å². The first-order valence-corrected chi connectivity index (χ1v) is 6.27. The molecule has 2 aromatic rings. The molecule has 0 radical (unpaired) electrons. The molecule has 1 saturated heterocycles. The van der Waals surface area contributed by atoms with Crippen molar-refractivity contribution in [2.24, 2.45) is 0 Å². The van der Waals surface area contributed by atoms with Crippen LogP contribution in [0.2, 0.25) is 0 Å². The smallest absolute Gasteiger partial charge is 0.0664 e. The van der Waals surface area contributed by atoms with Gasteiger partial charge < -0.3 is 10.2 Å². The minimum Gasteiger partial charge on any atom is -0.314 e. The van der Waals surface area contributed by atoms with Gasteiger partial charge in [-0.1, -0.05) is 0 Å². The zero-order chi connectivity index (χ0) is 11.5. The third-order valence-electron chi connectivity index (χ3n) is 3.39. The topological polar surface area (TPSA) is 32.6 Å². The highest BCUT2D eigenvalue weighted by Gasteiger charge is 2.08. The summed E-state index contributed by atoms with van der Waals surface area (Å²) in [5.41, 5.74) is 2.58. The number of hydrogen-bond acceptors (Lipinski definition) is 3. The molecule has 0 atom stereocenters. The van der Waals surface area contributed by atoms with Gasteiger partial charge in [0.1, 0.15) is 0 Å². The monoisotopic (exact) mass is 230 g/mol. The molecule has 0 unspecified atom stereocenters. The van der Waals surface area contributed by atoms with Gasteiger partial charge >= 0.3 is 0 Å². The van der Waals surface area contributed by atoms with E-state index in [4.69, 9.17) is 0 Å². The van der Waals surface area contributed by atoms with Gasteiger partial charge in [-0.2, -0.15) is 5.10 Å². The molecule has 1 aliphatic heterocycles. The Hall–Kier alpha value is -1.39. The van der Waals surface area contributed by atoms with E-state index in [0.29, 0.717) is 0 Å². The zero-order valence-corrected chi connectivity index (χ0v) is 9.97. The van der Waals surface area contributed by atoms with E-state index in [9.17, 15) is 0 Å². The van der Waals surface area contributed by atoms with E-state index >= 15 is 0 Å². The van der Waals surface area contributed by atoms with Crippen molar-refractivity contribution in [1.82, 2.24) is 19.8 Å². The van der Waals surface area contributed by atoms with Crippen molar-refractivity contribution in [3.05, 3.63) is 36.2 Å². The van der Waals surface area contributed by atoms with Gasteiger partial charge in [0, 0.05) is 45.1 Å². The first-order chi connectivity index (χ1) is 8.42. The number of nitrogens with zero attached hydrogens (tertiary/aromatic N) is 3. The molecule has 0 aliphatic carbocycles. The maximum absolute atomic E-state index is 4.21. The number of nitrogens with one attached hydrogen (secondary N) is 1. The summed E-state index contributed by atoms with van der Waals surface area (Å²) in [6.45, 7) is 5.76. The molecule has 90 valence electrons. The van der Waals surface area contributed by atoms with Gasteiger partial charge in [-0.25, -0.2) is 4.52 Å². The number of piperazine rings is 1. The van der Waals surface area contributed by atoms with Crippen LogP contribution in [0.15, 0.2) is 30.6 Å². The third-order valence-corrected chi connectivity index (χ3v) is 3.39. The van der Waals surface area contributed by atoms with Crippen molar-refractivity contribution in [2.45, 2.75) is 6.42 Å². The fourth-order valence-corrected chi connectivity index (χ4v) is 2.35.